The van der Waals surface area contributed by atoms with E-state index < -0.39 is 0 Å². The third-order valence-electron chi connectivity index (χ3n) is 3.64. The molecule has 1 aliphatic heterocycles. The van der Waals surface area contributed by atoms with E-state index in [2.05, 4.69) is 23.1 Å². The van der Waals surface area contributed by atoms with Crippen molar-refractivity contribution in [3.8, 4) is 5.75 Å². The largest absolute Gasteiger partial charge is 0.496 e. The number of hydrogen-bond acceptors (Lipinski definition) is 3. The number of anilines is 1. The van der Waals surface area contributed by atoms with Crippen LogP contribution in [0.2, 0.25) is 0 Å². The summed E-state index contributed by atoms with van der Waals surface area (Å²) in [6.45, 7) is 3.15. The van der Waals surface area contributed by atoms with Gasteiger partial charge in [-0.3, -0.25) is 0 Å². The third kappa shape index (κ3) is 3.16. The van der Waals surface area contributed by atoms with Gasteiger partial charge in [-0.1, -0.05) is 0 Å². The Morgan fingerprint density at radius 2 is 2.00 bits per heavy atom. The molecule has 0 aliphatic carbocycles. The van der Waals surface area contributed by atoms with Gasteiger partial charge in [-0.25, -0.2) is 0 Å². The number of ether oxygens (including phenoxy) is 1. The average Bonchev–Trinajstić information content (AvgIpc) is 2.93. The molecule has 0 atom stereocenters. The molecule has 1 aromatic carbocycles. The van der Waals surface area contributed by atoms with Crippen molar-refractivity contribution in [1.29, 1.82) is 0 Å². The molecule has 0 bridgehead atoms. The van der Waals surface area contributed by atoms with E-state index in [4.69, 9.17) is 10.5 Å². The highest BCUT2D eigenvalue weighted by Crippen LogP contribution is 2.28. The lowest BCUT2D eigenvalue weighted by atomic mass is 10.1. The van der Waals surface area contributed by atoms with E-state index in [0.717, 1.165) is 31.6 Å². The second-order valence-corrected chi connectivity index (χ2v) is 4.94. The van der Waals surface area contributed by atoms with E-state index >= 15 is 0 Å². The lowest BCUT2D eigenvalue weighted by Gasteiger charge is -2.19. The smallest absolute Gasteiger partial charge is 0.122 e. The first kappa shape index (κ1) is 13.2. The van der Waals surface area contributed by atoms with Gasteiger partial charge in [0.15, 0.2) is 0 Å². The SMILES string of the molecule is COc1ccc(N2CCCC2)cc1CCCCN. The molecule has 1 aliphatic rings. The Kier molecular flexibility index (Phi) is 4.88. The molecule has 0 unspecified atom stereocenters. The van der Waals surface area contributed by atoms with Crippen LogP contribution in [0.5, 0.6) is 5.75 Å². The lowest BCUT2D eigenvalue weighted by molar-refractivity contribution is 0.409. The maximum absolute atomic E-state index is 5.55. The number of rotatable bonds is 6. The van der Waals surface area contributed by atoms with Crippen LogP contribution in [-0.4, -0.2) is 26.7 Å². The number of nitrogens with two attached hydrogens (primary N) is 1. The Bertz CT molecular complexity index is 373. The predicted molar refractivity (Wildman–Crippen MR) is 76.4 cm³/mol. The monoisotopic (exact) mass is 248 g/mol. The number of methoxy groups -OCH3 is 1. The zero-order valence-electron chi connectivity index (χ0n) is 11.3. The maximum atomic E-state index is 5.55. The van der Waals surface area contributed by atoms with Gasteiger partial charge in [-0.2, -0.15) is 0 Å². The van der Waals surface area contributed by atoms with Crippen molar-refractivity contribution in [2.24, 2.45) is 5.73 Å². The Morgan fingerprint density at radius 1 is 1.22 bits per heavy atom. The Labute approximate surface area is 110 Å². The van der Waals surface area contributed by atoms with E-state index in [9.17, 15) is 0 Å². The van der Waals surface area contributed by atoms with Crippen molar-refractivity contribution in [2.75, 3.05) is 31.6 Å². The molecule has 100 valence electrons. The normalized spacial score (nSPS) is 15.1. The standard InChI is InChI=1S/C15H24N2O/c1-18-15-8-7-14(17-10-4-5-11-17)12-13(15)6-2-3-9-16/h7-8,12H,2-6,9-11,16H2,1H3. The van der Waals surface area contributed by atoms with Crippen LogP contribution >= 0.6 is 0 Å². The number of benzene rings is 1. The van der Waals surface area contributed by atoms with Gasteiger partial charge in [0, 0.05) is 18.8 Å². The van der Waals surface area contributed by atoms with Gasteiger partial charge in [-0.15, -0.1) is 0 Å². The topological polar surface area (TPSA) is 38.5 Å². The third-order valence-corrected chi connectivity index (χ3v) is 3.64. The fraction of sp³-hybridized carbons (Fsp3) is 0.600. The molecule has 0 radical (unpaired) electrons. The highest BCUT2D eigenvalue weighted by molar-refractivity contribution is 5.53. The highest BCUT2D eigenvalue weighted by atomic mass is 16.5. The van der Waals surface area contributed by atoms with E-state index in [1.165, 1.54) is 37.2 Å². The Morgan fingerprint density at radius 3 is 2.67 bits per heavy atom. The van der Waals surface area contributed by atoms with Crippen LogP contribution in [0.15, 0.2) is 18.2 Å². The number of unbranched alkanes of at least 4 members (excludes halogenated alkanes) is 1. The Hall–Kier alpha value is -1.22. The summed E-state index contributed by atoms with van der Waals surface area (Å²) in [6.07, 6.45) is 5.90. The van der Waals surface area contributed by atoms with Gasteiger partial charge in [0.25, 0.3) is 0 Å². The number of aryl methyl sites for hydroxylation is 1. The van der Waals surface area contributed by atoms with E-state index in [1.54, 1.807) is 7.11 Å². The van der Waals surface area contributed by atoms with Crippen LogP contribution in [0, 0.1) is 0 Å². The second-order valence-electron chi connectivity index (χ2n) is 4.94. The number of nitrogens with zero attached hydrogens (tertiary/aromatic N) is 1. The molecule has 0 saturated carbocycles. The first-order chi connectivity index (χ1) is 8.85. The molecule has 3 heteroatoms. The van der Waals surface area contributed by atoms with Gasteiger partial charge in [0.1, 0.15) is 5.75 Å². The quantitative estimate of drug-likeness (QED) is 0.786. The minimum absolute atomic E-state index is 0.772. The molecule has 0 amide bonds. The molecule has 0 spiro atoms. The van der Waals surface area contributed by atoms with Crippen LogP contribution in [0.1, 0.15) is 31.2 Å². The summed E-state index contributed by atoms with van der Waals surface area (Å²) in [5.41, 5.74) is 8.21. The van der Waals surface area contributed by atoms with Gasteiger partial charge < -0.3 is 15.4 Å². The van der Waals surface area contributed by atoms with Crippen molar-refractivity contribution in [3.05, 3.63) is 23.8 Å². The molecule has 1 fully saturated rings. The first-order valence-electron chi connectivity index (χ1n) is 6.97. The summed E-state index contributed by atoms with van der Waals surface area (Å²) < 4.78 is 5.44. The Balaban J connectivity index is 2.10. The second kappa shape index (κ2) is 6.64. The molecule has 0 aromatic heterocycles. The van der Waals surface area contributed by atoms with Crippen LogP contribution in [0.4, 0.5) is 5.69 Å². The van der Waals surface area contributed by atoms with Crippen molar-refractivity contribution in [1.82, 2.24) is 0 Å². The summed E-state index contributed by atoms with van der Waals surface area (Å²) in [5, 5.41) is 0. The van der Waals surface area contributed by atoms with E-state index in [0.29, 0.717) is 0 Å². The van der Waals surface area contributed by atoms with E-state index in [1.807, 2.05) is 0 Å². The summed E-state index contributed by atoms with van der Waals surface area (Å²) in [4.78, 5) is 2.46. The van der Waals surface area contributed by atoms with Gasteiger partial charge >= 0.3 is 0 Å². The fourth-order valence-electron chi connectivity index (χ4n) is 2.59. The summed E-state index contributed by atoms with van der Waals surface area (Å²) >= 11 is 0. The molecular formula is C15H24N2O. The van der Waals surface area contributed by atoms with Crippen molar-refractivity contribution in [2.45, 2.75) is 32.1 Å². The zero-order valence-corrected chi connectivity index (χ0v) is 11.3. The van der Waals surface area contributed by atoms with Gasteiger partial charge in [0.2, 0.25) is 0 Å². The average molecular weight is 248 g/mol. The molecular weight excluding hydrogens is 224 g/mol. The molecule has 2 rings (SSSR count). The van der Waals surface area contributed by atoms with E-state index in [-0.39, 0.29) is 0 Å². The molecule has 2 N–H and O–H groups in total. The van der Waals surface area contributed by atoms with Crippen LogP contribution in [0.3, 0.4) is 0 Å². The minimum Gasteiger partial charge on any atom is -0.496 e. The molecule has 1 saturated heterocycles. The highest BCUT2D eigenvalue weighted by Gasteiger charge is 2.14. The molecule has 18 heavy (non-hydrogen) atoms. The van der Waals surface area contributed by atoms with Gasteiger partial charge in [0.05, 0.1) is 7.11 Å². The van der Waals surface area contributed by atoms with Crippen molar-refractivity contribution in [3.63, 3.8) is 0 Å². The molecule has 3 nitrogen and oxygen atoms in total. The first-order valence-corrected chi connectivity index (χ1v) is 6.97. The summed E-state index contributed by atoms with van der Waals surface area (Å²) in [7, 11) is 1.75. The van der Waals surface area contributed by atoms with Crippen molar-refractivity contribution >= 4 is 5.69 Å². The van der Waals surface area contributed by atoms with Crippen LogP contribution in [0.25, 0.3) is 0 Å². The summed E-state index contributed by atoms with van der Waals surface area (Å²) in [5.74, 6) is 1.01. The maximum Gasteiger partial charge on any atom is 0.122 e. The molecule has 1 aromatic rings. The summed E-state index contributed by atoms with van der Waals surface area (Å²) in [6, 6.07) is 6.57. The predicted octanol–water partition coefficient (Wildman–Crippen LogP) is 2.58. The molecule has 1 heterocycles. The van der Waals surface area contributed by atoms with Crippen molar-refractivity contribution < 1.29 is 4.74 Å². The zero-order chi connectivity index (χ0) is 12.8. The lowest BCUT2D eigenvalue weighted by Crippen LogP contribution is -2.17. The van der Waals surface area contributed by atoms with Gasteiger partial charge in [-0.05, 0) is 62.4 Å². The van der Waals surface area contributed by atoms with Crippen LogP contribution in [-0.2, 0) is 6.42 Å². The minimum atomic E-state index is 0.772. The fourth-order valence-corrected chi connectivity index (χ4v) is 2.59. The number of hydrogen-bond donors (Lipinski definition) is 1. The van der Waals surface area contributed by atoms with Crippen LogP contribution < -0.4 is 15.4 Å².